The van der Waals surface area contributed by atoms with E-state index in [4.69, 9.17) is 4.74 Å². The number of anilines is 2. The molecule has 8 heteroatoms. The lowest BCUT2D eigenvalue weighted by Crippen LogP contribution is -2.52. The number of benzene rings is 3. The van der Waals surface area contributed by atoms with Crippen LogP contribution in [0.3, 0.4) is 0 Å². The van der Waals surface area contributed by atoms with Crippen LogP contribution >= 0.6 is 0 Å². The maximum Gasteiger partial charge on any atom is 0.337 e. The fraction of sp³-hybridized carbons (Fsp3) is 0.233. The largest absolute Gasteiger partial charge is 0.465 e. The molecular formula is C30H30N4O4. The highest BCUT2D eigenvalue weighted by Crippen LogP contribution is 2.38. The Morgan fingerprint density at radius 3 is 2.34 bits per heavy atom. The highest BCUT2D eigenvalue weighted by atomic mass is 16.5. The van der Waals surface area contributed by atoms with Gasteiger partial charge in [-0.2, -0.15) is 0 Å². The van der Waals surface area contributed by atoms with Crippen molar-refractivity contribution in [1.82, 2.24) is 9.80 Å². The highest BCUT2D eigenvalue weighted by molar-refractivity contribution is 6.37. The van der Waals surface area contributed by atoms with Crippen molar-refractivity contribution in [2.24, 2.45) is 0 Å². The number of nitrogens with one attached hydrogen (secondary N) is 2. The Kier molecular flexibility index (Phi) is 6.98. The maximum absolute atomic E-state index is 13.2. The number of fused-ring (bicyclic) bond motifs is 1. The third-order valence-corrected chi connectivity index (χ3v) is 7.15. The van der Waals surface area contributed by atoms with Gasteiger partial charge in [-0.15, -0.1) is 0 Å². The van der Waals surface area contributed by atoms with E-state index in [0.29, 0.717) is 52.8 Å². The van der Waals surface area contributed by atoms with Crippen molar-refractivity contribution < 1.29 is 19.1 Å². The second-order valence-electron chi connectivity index (χ2n) is 9.61. The fourth-order valence-corrected chi connectivity index (χ4v) is 4.81. The molecule has 0 unspecified atom stereocenters. The molecule has 2 heterocycles. The quantitative estimate of drug-likeness (QED) is 0.395. The number of rotatable bonds is 5. The van der Waals surface area contributed by atoms with Crippen LogP contribution in [0.15, 0.2) is 72.8 Å². The van der Waals surface area contributed by atoms with Crippen molar-refractivity contribution in [3.63, 3.8) is 0 Å². The molecule has 2 aliphatic rings. The molecule has 0 aromatic heterocycles. The molecule has 0 bridgehead atoms. The molecule has 3 aromatic rings. The zero-order chi connectivity index (χ0) is 26.8. The monoisotopic (exact) mass is 510 g/mol. The van der Waals surface area contributed by atoms with Crippen molar-refractivity contribution in [3.05, 3.63) is 95.1 Å². The molecule has 0 aliphatic carbocycles. The topological polar surface area (TPSA) is 91.0 Å². The molecule has 5 rings (SSSR count). The van der Waals surface area contributed by atoms with E-state index in [9.17, 15) is 14.4 Å². The summed E-state index contributed by atoms with van der Waals surface area (Å²) in [6.07, 6.45) is 0. The van der Waals surface area contributed by atoms with Crippen molar-refractivity contribution >= 4 is 40.4 Å². The molecule has 0 spiro atoms. The Labute approximate surface area is 221 Å². The third-order valence-electron chi connectivity index (χ3n) is 7.15. The highest BCUT2D eigenvalue weighted by Gasteiger charge is 2.30. The van der Waals surface area contributed by atoms with Gasteiger partial charge in [-0.3, -0.25) is 9.59 Å². The minimum absolute atomic E-state index is 0.0173. The molecule has 0 radical (unpaired) electrons. The first kappa shape index (κ1) is 25.2. The Morgan fingerprint density at radius 2 is 1.66 bits per heavy atom. The SMILES string of the molecule is COC(=O)c1ccc2c(c1)NC(=O)/C2=C(\Nc1ccc(C(=O)N2CCN(C)[C@@H](C)C2)cc1)c1ccccc1. The van der Waals surface area contributed by atoms with Crippen LogP contribution < -0.4 is 10.6 Å². The summed E-state index contributed by atoms with van der Waals surface area (Å²) in [5, 5.41) is 6.28. The van der Waals surface area contributed by atoms with E-state index < -0.39 is 5.97 Å². The minimum atomic E-state index is -0.471. The van der Waals surface area contributed by atoms with Gasteiger partial charge in [0.2, 0.25) is 0 Å². The number of carbonyl (C=O) groups excluding carboxylic acids is 3. The second-order valence-corrected chi connectivity index (χ2v) is 9.61. The van der Waals surface area contributed by atoms with E-state index in [1.165, 1.54) is 7.11 Å². The number of esters is 1. The van der Waals surface area contributed by atoms with Crippen LogP contribution in [0.1, 0.15) is 38.8 Å². The normalized spacial score (nSPS) is 18.4. The molecule has 8 nitrogen and oxygen atoms in total. The summed E-state index contributed by atoms with van der Waals surface area (Å²) >= 11 is 0. The van der Waals surface area contributed by atoms with Crippen molar-refractivity contribution in [2.75, 3.05) is 44.4 Å². The van der Waals surface area contributed by atoms with Crippen LogP contribution in [-0.2, 0) is 9.53 Å². The zero-order valence-corrected chi connectivity index (χ0v) is 21.7. The first-order valence-corrected chi connectivity index (χ1v) is 12.6. The number of likely N-dealkylation sites (N-methyl/N-ethyl adjacent to an activating group) is 1. The number of piperazine rings is 1. The van der Waals surface area contributed by atoms with Crippen molar-refractivity contribution in [3.8, 4) is 0 Å². The van der Waals surface area contributed by atoms with Gasteiger partial charge in [0, 0.05) is 42.5 Å². The van der Waals surface area contributed by atoms with Crippen LogP contribution in [0, 0.1) is 0 Å². The van der Waals surface area contributed by atoms with Gasteiger partial charge in [0.1, 0.15) is 0 Å². The van der Waals surface area contributed by atoms with E-state index in [2.05, 4.69) is 29.5 Å². The van der Waals surface area contributed by atoms with E-state index >= 15 is 0 Å². The molecule has 2 N–H and O–H groups in total. The molecule has 2 aliphatic heterocycles. The molecule has 1 saturated heterocycles. The number of ether oxygens (including phenoxy) is 1. The Balaban J connectivity index is 1.46. The van der Waals surface area contributed by atoms with E-state index in [0.717, 1.165) is 17.8 Å². The van der Waals surface area contributed by atoms with Gasteiger partial charge in [0.25, 0.3) is 11.8 Å². The second kappa shape index (κ2) is 10.5. The van der Waals surface area contributed by atoms with E-state index in [-0.39, 0.29) is 11.8 Å². The summed E-state index contributed by atoms with van der Waals surface area (Å²) in [6, 6.07) is 22.2. The Bertz CT molecular complexity index is 1420. The average molecular weight is 511 g/mol. The summed E-state index contributed by atoms with van der Waals surface area (Å²) in [5.41, 5.74) is 4.88. The smallest absolute Gasteiger partial charge is 0.337 e. The molecule has 1 atom stereocenters. The third kappa shape index (κ3) is 4.90. The van der Waals surface area contributed by atoms with Crippen LogP contribution in [0.2, 0.25) is 0 Å². The Morgan fingerprint density at radius 1 is 0.947 bits per heavy atom. The van der Waals surface area contributed by atoms with Gasteiger partial charge < -0.3 is 25.2 Å². The molecule has 2 amide bonds. The number of hydrogen-bond acceptors (Lipinski definition) is 6. The van der Waals surface area contributed by atoms with Crippen LogP contribution in [0.5, 0.6) is 0 Å². The number of hydrogen-bond donors (Lipinski definition) is 2. The van der Waals surface area contributed by atoms with Crippen molar-refractivity contribution in [1.29, 1.82) is 0 Å². The summed E-state index contributed by atoms with van der Waals surface area (Å²) < 4.78 is 4.82. The maximum atomic E-state index is 13.2. The Hall–Kier alpha value is -4.43. The fourth-order valence-electron chi connectivity index (χ4n) is 4.81. The number of amides is 2. The lowest BCUT2D eigenvalue weighted by Gasteiger charge is -2.37. The zero-order valence-electron chi connectivity index (χ0n) is 21.7. The molecule has 38 heavy (non-hydrogen) atoms. The first-order chi connectivity index (χ1) is 18.4. The molecule has 0 saturated carbocycles. The van der Waals surface area contributed by atoms with Crippen LogP contribution in [-0.4, -0.2) is 67.4 Å². The predicted molar refractivity (Wildman–Crippen MR) is 148 cm³/mol. The summed E-state index contributed by atoms with van der Waals surface area (Å²) in [5.74, 6) is -0.727. The molecular weight excluding hydrogens is 480 g/mol. The van der Waals surface area contributed by atoms with Crippen LogP contribution in [0.25, 0.3) is 11.3 Å². The van der Waals surface area contributed by atoms with Crippen LogP contribution in [0.4, 0.5) is 11.4 Å². The van der Waals surface area contributed by atoms with Gasteiger partial charge in [-0.25, -0.2) is 4.79 Å². The standard InChI is InChI=1S/C30H30N4O4/c1-19-18-34(16-15-33(19)2)29(36)21-9-12-23(13-10-21)31-27(20-7-5-4-6-8-20)26-24-14-11-22(30(37)38-3)17-25(24)32-28(26)35/h4-14,17,19,31H,15-16,18H2,1-3H3,(H,32,35)/b27-26-/t19-/m0/s1. The lowest BCUT2D eigenvalue weighted by molar-refractivity contribution is -0.110. The predicted octanol–water partition coefficient (Wildman–Crippen LogP) is 4.18. The molecule has 1 fully saturated rings. The molecule has 194 valence electrons. The molecule has 3 aromatic carbocycles. The van der Waals surface area contributed by atoms with Crippen molar-refractivity contribution in [2.45, 2.75) is 13.0 Å². The summed E-state index contributed by atoms with van der Waals surface area (Å²) in [7, 11) is 3.40. The van der Waals surface area contributed by atoms with E-state index in [1.54, 1.807) is 18.2 Å². The van der Waals surface area contributed by atoms with Gasteiger partial charge in [-0.05, 0) is 55.9 Å². The summed E-state index contributed by atoms with van der Waals surface area (Å²) in [4.78, 5) is 42.4. The number of nitrogens with zero attached hydrogens (tertiary/aromatic N) is 2. The minimum Gasteiger partial charge on any atom is -0.465 e. The number of carbonyl (C=O) groups is 3. The van der Waals surface area contributed by atoms with Gasteiger partial charge in [-0.1, -0.05) is 36.4 Å². The first-order valence-electron chi connectivity index (χ1n) is 12.6. The summed E-state index contributed by atoms with van der Waals surface area (Å²) in [6.45, 7) is 4.38. The number of methoxy groups -OCH3 is 1. The van der Waals surface area contributed by atoms with Gasteiger partial charge in [0.15, 0.2) is 0 Å². The van der Waals surface area contributed by atoms with E-state index in [1.807, 2.05) is 59.5 Å². The van der Waals surface area contributed by atoms with Gasteiger partial charge in [0.05, 0.1) is 29.6 Å². The lowest BCUT2D eigenvalue weighted by atomic mass is 9.99. The average Bonchev–Trinajstić information content (AvgIpc) is 3.27. The van der Waals surface area contributed by atoms with Gasteiger partial charge >= 0.3 is 5.97 Å².